The van der Waals surface area contributed by atoms with Gasteiger partial charge in [-0.1, -0.05) is 0 Å². The number of fused-ring (bicyclic) bond motifs is 1. The number of carbonyl (C=O) groups excluding carboxylic acids is 1. The van der Waals surface area contributed by atoms with Gasteiger partial charge in [0.2, 0.25) is 0 Å². The van der Waals surface area contributed by atoms with Gasteiger partial charge in [-0.15, -0.1) is 0 Å². The van der Waals surface area contributed by atoms with Crippen molar-refractivity contribution in [3.05, 3.63) is 0 Å². The lowest BCUT2D eigenvalue weighted by molar-refractivity contribution is -0.146. The molecule has 2 heterocycles. The van der Waals surface area contributed by atoms with Crippen molar-refractivity contribution in [2.75, 3.05) is 18.1 Å². The van der Waals surface area contributed by atoms with Crippen molar-refractivity contribution in [2.24, 2.45) is 17.3 Å². The summed E-state index contributed by atoms with van der Waals surface area (Å²) in [5.41, 5.74) is -0.0314. The fourth-order valence-corrected chi connectivity index (χ4v) is 4.67. The van der Waals surface area contributed by atoms with Crippen LogP contribution in [0.2, 0.25) is 0 Å². The molecule has 0 aromatic rings. The summed E-state index contributed by atoms with van der Waals surface area (Å²) in [7, 11) is 0. The van der Waals surface area contributed by atoms with E-state index in [0.717, 1.165) is 31.1 Å². The Morgan fingerprint density at radius 2 is 2.00 bits per heavy atom. The molecule has 1 aliphatic carbocycles. The molecular formula is C10H14O2S. The zero-order valence-electron chi connectivity index (χ0n) is 7.62. The molecule has 3 heteroatoms. The Labute approximate surface area is 82.4 Å². The Kier molecular flexibility index (Phi) is 1.67. The van der Waals surface area contributed by atoms with Crippen LogP contribution in [0.3, 0.4) is 0 Å². The Morgan fingerprint density at radius 1 is 1.31 bits per heavy atom. The summed E-state index contributed by atoms with van der Waals surface area (Å²) in [6, 6.07) is 0. The number of rotatable bonds is 0. The molecule has 3 fully saturated rings. The first kappa shape index (κ1) is 8.16. The number of hydrogen-bond acceptors (Lipinski definition) is 3. The molecule has 1 spiro atoms. The SMILES string of the molecule is O=C1OCCC12C[C@H]1CSC[C@H]1C2. The van der Waals surface area contributed by atoms with Crippen LogP contribution in [0.4, 0.5) is 0 Å². The summed E-state index contributed by atoms with van der Waals surface area (Å²) in [6.45, 7) is 0.672. The number of hydrogen-bond donors (Lipinski definition) is 0. The quantitative estimate of drug-likeness (QED) is 0.554. The average molecular weight is 198 g/mol. The fourth-order valence-electron chi connectivity index (χ4n) is 3.15. The van der Waals surface area contributed by atoms with Crippen LogP contribution in [0, 0.1) is 17.3 Å². The van der Waals surface area contributed by atoms with E-state index < -0.39 is 0 Å². The molecule has 72 valence electrons. The molecule has 0 aromatic carbocycles. The minimum absolute atomic E-state index is 0.0314. The van der Waals surface area contributed by atoms with Crippen LogP contribution in [0.15, 0.2) is 0 Å². The number of cyclic esters (lactones) is 1. The van der Waals surface area contributed by atoms with E-state index in [4.69, 9.17) is 4.74 Å². The third-order valence-corrected chi connectivity index (χ3v) is 5.21. The molecular weight excluding hydrogens is 184 g/mol. The first-order valence-electron chi connectivity index (χ1n) is 5.05. The largest absolute Gasteiger partial charge is 0.465 e. The summed E-state index contributed by atoms with van der Waals surface area (Å²) in [5, 5.41) is 0. The molecule has 2 nitrogen and oxygen atoms in total. The highest BCUT2D eigenvalue weighted by atomic mass is 32.2. The molecule has 13 heavy (non-hydrogen) atoms. The van der Waals surface area contributed by atoms with Gasteiger partial charge in [0.25, 0.3) is 0 Å². The molecule has 1 saturated carbocycles. The summed E-state index contributed by atoms with van der Waals surface area (Å²) < 4.78 is 5.11. The van der Waals surface area contributed by atoms with Crippen molar-refractivity contribution < 1.29 is 9.53 Å². The van der Waals surface area contributed by atoms with E-state index in [1.165, 1.54) is 11.5 Å². The lowest BCUT2D eigenvalue weighted by Crippen LogP contribution is -2.23. The van der Waals surface area contributed by atoms with Crippen molar-refractivity contribution in [1.29, 1.82) is 0 Å². The predicted molar refractivity (Wildman–Crippen MR) is 51.5 cm³/mol. The minimum atomic E-state index is -0.0314. The topological polar surface area (TPSA) is 26.3 Å². The minimum Gasteiger partial charge on any atom is -0.465 e. The molecule has 2 saturated heterocycles. The second-order valence-electron chi connectivity index (χ2n) is 4.63. The van der Waals surface area contributed by atoms with Crippen LogP contribution < -0.4 is 0 Å². The Balaban J connectivity index is 1.84. The standard InChI is InChI=1S/C10H14O2S/c11-9-10(1-2-12-9)3-7-5-13-6-8(7)4-10/h7-8H,1-6H2/t7-,8+,10?. The first-order chi connectivity index (χ1) is 6.30. The van der Waals surface area contributed by atoms with Gasteiger partial charge < -0.3 is 4.74 Å². The Morgan fingerprint density at radius 3 is 2.54 bits per heavy atom. The van der Waals surface area contributed by atoms with Crippen LogP contribution in [0.25, 0.3) is 0 Å². The van der Waals surface area contributed by atoms with Gasteiger partial charge in [0, 0.05) is 0 Å². The molecule has 0 bridgehead atoms. The van der Waals surface area contributed by atoms with Crippen LogP contribution in [0.1, 0.15) is 19.3 Å². The lowest BCUT2D eigenvalue weighted by atomic mass is 9.84. The van der Waals surface area contributed by atoms with Crippen molar-refractivity contribution in [3.63, 3.8) is 0 Å². The van der Waals surface area contributed by atoms with E-state index >= 15 is 0 Å². The van der Waals surface area contributed by atoms with Crippen LogP contribution >= 0.6 is 11.8 Å². The van der Waals surface area contributed by atoms with Gasteiger partial charge in [-0.3, -0.25) is 4.79 Å². The Bertz CT molecular complexity index is 239. The van der Waals surface area contributed by atoms with E-state index in [9.17, 15) is 4.79 Å². The highest BCUT2D eigenvalue weighted by Gasteiger charge is 2.54. The van der Waals surface area contributed by atoms with Gasteiger partial charge >= 0.3 is 5.97 Å². The van der Waals surface area contributed by atoms with Gasteiger partial charge in [-0.25, -0.2) is 0 Å². The van der Waals surface area contributed by atoms with E-state index in [0.29, 0.717) is 6.61 Å². The second kappa shape index (κ2) is 2.66. The van der Waals surface area contributed by atoms with Gasteiger partial charge in [0.1, 0.15) is 0 Å². The normalized spacial score (nSPS) is 48.5. The van der Waals surface area contributed by atoms with Crippen LogP contribution in [-0.2, 0) is 9.53 Å². The molecule has 0 amide bonds. The van der Waals surface area contributed by atoms with Gasteiger partial charge in [-0.2, -0.15) is 11.8 Å². The van der Waals surface area contributed by atoms with E-state index in [2.05, 4.69) is 11.8 Å². The molecule has 0 radical (unpaired) electrons. The highest BCUT2D eigenvalue weighted by molar-refractivity contribution is 7.99. The summed E-state index contributed by atoms with van der Waals surface area (Å²) in [6.07, 6.45) is 3.22. The van der Waals surface area contributed by atoms with Crippen molar-refractivity contribution >= 4 is 17.7 Å². The molecule has 3 rings (SSSR count). The maximum atomic E-state index is 11.6. The van der Waals surface area contributed by atoms with E-state index in [1.807, 2.05) is 0 Å². The summed E-state index contributed by atoms with van der Waals surface area (Å²) >= 11 is 2.06. The highest BCUT2D eigenvalue weighted by Crippen LogP contribution is 2.55. The molecule has 0 aromatic heterocycles. The zero-order valence-corrected chi connectivity index (χ0v) is 8.44. The number of thioether (sulfide) groups is 1. The van der Waals surface area contributed by atoms with E-state index in [1.54, 1.807) is 0 Å². The van der Waals surface area contributed by atoms with Crippen molar-refractivity contribution in [2.45, 2.75) is 19.3 Å². The van der Waals surface area contributed by atoms with Gasteiger partial charge in [0.15, 0.2) is 0 Å². The maximum Gasteiger partial charge on any atom is 0.312 e. The first-order valence-corrected chi connectivity index (χ1v) is 6.21. The van der Waals surface area contributed by atoms with E-state index in [-0.39, 0.29) is 11.4 Å². The van der Waals surface area contributed by atoms with Crippen molar-refractivity contribution in [3.8, 4) is 0 Å². The molecule has 3 aliphatic rings. The third-order valence-electron chi connectivity index (χ3n) is 3.88. The Hall–Kier alpha value is -0.180. The molecule has 1 unspecified atom stereocenters. The molecule has 3 atom stereocenters. The fraction of sp³-hybridized carbons (Fsp3) is 0.900. The number of carbonyl (C=O) groups is 1. The summed E-state index contributed by atoms with van der Waals surface area (Å²) in [4.78, 5) is 11.6. The lowest BCUT2D eigenvalue weighted by Gasteiger charge is -2.18. The number of esters is 1. The smallest absolute Gasteiger partial charge is 0.312 e. The zero-order chi connectivity index (χ0) is 8.89. The predicted octanol–water partition coefficient (Wildman–Crippen LogP) is 1.69. The number of ether oxygens (including phenoxy) is 1. The average Bonchev–Trinajstić information content (AvgIpc) is 2.69. The van der Waals surface area contributed by atoms with Gasteiger partial charge in [-0.05, 0) is 42.6 Å². The second-order valence-corrected chi connectivity index (χ2v) is 5.71. The van der Waals surface area contributed by atoms with Crippen LogP contribution in [0.5, 0.6) is 0 Å². The third kappa shape index (κ3) is 1.06. The molecule has 0 N–H and O–H groups in total. The van der Waals surface area contributed by atoms with Gasteiger partial charge in [0.05, 0.1) is 12.0 Å². The maximum absolute atomic E-state index is 11.6. The molecule has 2 aliphatic heterocycles. The summed E-state index contributed by atoms with van der Waals surface area (Å²) in [5.74, 6) is 4.29. The van der Waals surface area contributed by atoms with Crippen molar-refractivity contribution in [1.82, 2.24) is 0 Å². The monoisotopic (exact) mass is 198 g/mol. The van der Waals surface area contributed by atoms with Crippen LogP contribution in [-0.4, -0.2) is 24.1 Å².